The lowest BCUT2D eigenvalue weighted by molar-refractivity contribution is 0.102. The first-order chi connectivity index (χ1) is 12.3. The number of carbonyl (C=O) groups excluding carboxylic acids is 1. The van der Waals surface area contributed by atoms with Crippen molar-refractivity contribution in [3.05, 3.63) is 41.6 Å². The van der Waals surface area contributed by atoms with Gasteiger partial charge in [0.05, 0.1) is 11.4 Å². The van der Waals surface area contributed by atoms with E-state index < -0.39 is 10.0 Å². The Balaban J connectivity index is 2.13. The molecule has 0 bridgehead atoms. The molecule has 0 aliphatic heterocycles. The van der Waals surface area contributed by atoms with Crippen molar-refractivity contribution in [2.45, 2.75) is 38.1 Å². The maximum absolute atomic E-state index is 12.4. The Morgan fingerprint density at radius 3 is 2.58 bits per heavy atom. The smallest absolute Gasteiger partial charge is 0.256 e. The van der Waals surface area contributed by atoms with Gasteiger partial charge in [-0.2, -0.15) is 9.82 Å². The second-order valence-electron chi connectivity index (χ2n) is 5.88. The van der Waals surface area contributed by atoms with Crippen LogP contribution in [0.5, 0.6) is 0 Å². The Kier molecular flexibility index (Phi) is 6.18. The number of nitrogens with one attached hydrogen (secondary N) is 2. The summed E-state index contributed by atoms with van der Waals surface area (Å²) >= 11 is 0. The predicted molar refractivity (Wildman–Crippen MR) is 100 cm³/mol. The summed E-state index contributed by atoms with van der Waals surface area (Å²) in [6.07, 6.45) is 5.98. The molecule has 0 unspecified atom stereocenters. The summed E-state index contributed by atoms with van der Waals surface area (Å²) in [5, 5.41) is 7.13. The quantitative estimate of drug-likeness (QED) is 0.728. The molecular formula is C18H22N4O3S. The van der Waals surface area contributed by atoms with Crippen LogP contribution in [0.25, 0.3) is 0 Å². The number of hydrogen-bond acceptors (Lipinski definition) is 4. The molecule has 7 nitrogen and oxygen atoms in total. The SMILES string of the molecule is C#CCNS(=O)(=O)c1ccc(C(=O)Nc2cc(C)n([C@H](C)CC)n2)cc1. The lowest BCUT2D eigenvalue weighted by atomic mass is 10.2. The molecule has 8 heteroatoms. The van der Waals surface area contributed by atoms with Crippen LogP contribution in [0.2, 0.25) is 0 Å². The van der Waals surface area contributed by atoms with Crippen LogP contribution in [-0.2, 0) is 10.0 Å². The number of nitrogens with zero attached hydrogens (tertiary/aromatic N) is 2. The zero-order valence-corrected chi connectivity index (χ0v) is 15.8. The molecule has 2 N–H and O–H groups in total. The molecule has 2 rings (SSSR count). The number of anilines is 1. The number of hydrogen-bond donors (Lipinski definition) is 2. The van der Waals surface area contributed by atoms with Crippen molar-refractivity contribution in [3.63, 3.8) is 0 Å². The normalized spacial score (nSPS) is 12.4. The lowest BCUT2D eigenvalue weighted by Gasteiger charge is -2.11. The predicted octanol–water partition coefficient (Wildman–Crippen LogP) is 2.33. The summed E-state index contributed by atoms with van der Waals surface area (Å²) in [6.45, 7) is 5.96. The largest absolute Gasteiger partial charge is 0.305 e. The van der Waals surface area contributed by atoms with Crippen LogP contribution in [0.3, 0.4) is 0 Å². The first-order valence-electron chi connectivity index (χ1n) is 8.19. The molecule has 0 saturated heterocycles. The number of terminal acetylenes is 1. The first-order valence-corrected chi connectivity index (χ1v) is 9.67. The second-order valence-corrected chi connectivity index (χ2v) is 7.65. The van der Waals surface area contributed by atoms with Gasteiger partial charge in [0.1, 0.15) is 0 Å². The van der Waals surface area contributed by atoms with Crippen molar-refractivity contribution in [3.8, 4) is 12.3 Å². The Labute approximate surface area is 153 Å². The fraction of sp³-hybridized carbons (Fsp3) is 0.333. The van der Waals surface area contributed by atoms with E-state index in [9.17, 15) is 13.2 Å². The van der Waals surface area contributed by atoms with Crippen LogP contribution in [0.1, 0.15) is 42.4 Å². The minimum Gasteiger partial charge on any atom is -0.305 e. The maximum atomic E-state index is 12.4. The van der Waals surface area contributed by atoms with Crippen LogP contribution in [-0.4, -0.2) is 30.7 Å². The van der Waals surface area contributed by atoms with Crippen LogP contribution in [0, 0.1) is 19.3 Å². The van der Waals surface area contributed by atoms with Gasteiger partial charge < -0.3 is 5.32 Å². The number of rotatable bonds is 7. The monoisotopic (exact) mass is 374 g/mol. The fourth-order valence-electron chi connectivity index (χ4n) is 2.36. The van der Waals surface area contributed by atoms with Crippen molar-refractivity contribution in [2.24, 2.45) is 0 Å². The molecule has 1 heterocycles. The molecule has 1 atom stereocenters. The number of aryl methyl sites for hydroxylation is 1. The van der Waals surface area contributed by atoms with E-state index in [0.717, 1.165) is 12.1 Å². The molecule has 138 valence electrons. The Morgan fingerprint density at radius 2 is 2.00 bits per heavy atom. The summed E-state index contributed by atoms with van der Waals surface area (Å²) in [7, 11) is -3.68. The molecule has 2 aromatic rings. The summed E-state index contributed by atoms with van der Waals surface area (Å²) in [6, 6.07) is 7.64. The van der Waals surface area contributed by atoms with Crippen molar-refractivity contribution in [2.75, 3.05) is 11.9 Å². The number of benzene rings is 1. The van der Waals surface area contributed by atoms with Gasteiger partial charge >= 0.3 is 0 Å². The van der Waals surface area contributed by atoms with Gasteiger partial charge in [-0.25, -0.2) is 8.42 Å². The zero-order valence-electron chi connectivity index (χ0n) is 15.0. The lowest BCUT2D eigenvalue weighted by Crippen LogP contribution is -2.24. The molecule has 26 heavy (non-hydrogen) atoms. The average molecular weight is 374 g/mol. The molecular weight excluding hydrogens is 352 g/mol. The summed E-state index contributed by atoms with van der Waals surface area (Å²) in [5.41, 5.74) is 1.28. The van der Waals surface area contributed by atoms with Gasteiger partial charge in [0.15, 0.2) is 5.82 Å². The number of amides is 1. The minimum absolute atomic E-state index is 0.0428. The maximum Gasteiger partial charge on any atom is 0.256 e. The van der Waals surface area contributed by atoms with E-state index in [1.54, 1.807) is 6.07 Å². The van der Waals surface area contributed by atoms with Gasteiger partial charge in [-0.05, 0) is 44.5 Å². The van der Waals surface area contributed by atoms with E-state index in [1.165, 1.54) is 24.3 Å². The van der Waals surface area contributed by atoms with Gasteiger partial charge in [0.25, 0.3) is 5.91 Å². The Morgan fingerprint density at radius 1 is 1.35 bits per heavy atom. The average Bonchev–Trinajstić information content (AvgIpc) is 2.99. The highest BCUT2D eigenvalue weighted by atomic mass is 32.2. The molecule has 0 saturated carbocycles. The molecule has 0 radical (unpaired) electrons. The van der Waals surface area contributed by atoms with Gasteiger partial charge in [0, 0.05) is 23.4 Å². The summed E-state index contributed by atoms with van der Waals surface area (Å²) in [5.74, 6) is 2.30. The molecule has 0 spiro atoms. The molecule has 0 fully saturated rings. The topological polar surface area (TPSA) is 93.1 Å². The molecule has 0 aliphatic carbocycles. The van der Waals surface area contributed by atoms with E-state index in [1.807, 2.05) is 11.6 Å². The van der Waals surface area contributed by atoms with Crippen molar-refractivity contribution < 1.29 is 13.2 Å². The molecule has 1 aromatic heterocycles. The van der Waals surface area contributed by atoms with E-state index in [4.69, 9.17) is 6.42 Å². The number of carbonyl (C=O) groups is 1. The third-order valence-corrected chi connectivity index (χ3v) is 5.38. The van der Waals surface area contributed by atoms with E-state index in [2.05, 4.69) is 34.9 Å². The number of sulfonamides is 1. The van der Waals surface area contributed by atoms with Crippen LogP contribution in [0.15, 0.2) is 35.2 Å². The van der Waals surface area contributed by atoms with E-state index in [-0.39, 0.29) is 23.4 Å². The van der Waals surface area contributed by atoms with E-state index in [0.29, 0.717) is 11.4 Å². The zero-order chi connectivity index (χ0) is 19.3. The third kappa shape index (κ3) is 4.50. The highest BCUT2D eigenvalue weighted by molar-refractivity contribution is 7.89. The summed E-state index contributed by atoms with van der Waals surface area (Å²) < 4.78 is 28.1. The highest BCUT2D eigenvalue weighted by Gasteiger charge is 2.15. The number of aromatic nitrogens is 2. The van der Waals surface area contributed by atoms with Crippen LogP contribution >= 0.6 is 0 Å². The summed E-state index contributed by atoms with van der Waals surface area (Å²) in [4.78, 5) is 12.4. The van der Waals surface area contributed by atoms with Crippen LogP contribution < -0.4 is 10.0 Å². The Bertz CT molecular complexity index is 924. The van der Waals surface area contributed by atoms with Gasteiger partial charge in [-0.15, -0.1) is 6.42 Å². The fourth-order valence-corrected chi connectivity index (χ4v) is 3.30. The van der Waals surface area contributed by atoms with Crippen molar-refractivity contribution >= 4 is 21.7 Å². The molecule has 1 amide bonds. The molecule has 1 aromatic carbocycles. The van der Waals surface area contributed by atoms with Gasteiger partial charge in [-0.3, -0.25) is 9.48 Å². The third-order valence-electron chi connectivity index (χ3n) is 3.96. The molecule has 0 aliphatic rings. The Hall–Kier alpha value is -2.63. The van der Waals surface area contributed by atoms with Gasteiger partial charge in [-0.1, -0.05) is 12.8 Å². The standard InChI is InChI=1S/C18H22N4O3S/c1-5-11-19-26(24,25)16-9-7-15(8-10-16)18(23)20-17-12-14(4)22(21-17)13(3)6-2/h1,7-10,12-13,19H,6,11H2,2-4H3,(H,20,21,23)/t13-/m1/s1. The van der Waals surface area contributed by atoms with Gasteiger partial charge in [0.2, 0.25) is 10.0 Å². The highest BCUT2D eigenvalue weighted by Crippen LogP contribution is 2.17. The van der Waals surface area contributed by atoms with Crippen molar-refractivity contribution in [1.82, 2.24) is 14.5 Å². The van der Waals surface area contributed by atoms with E-state index >= 15 is 0 Å². The second kappa shape index (κ2) is 8.17. The minimum atomic E-state index is -3.68. The van der Waals surface area contributed by atoms with Crippen molar-refractivity contribution in [1.29, 1.82) is 0 Å². The van der Waals surface area contributed by atoms with Crippen LogP contribution in [0.4, 0.5) is 5.82 Å². The first kappa shape index (κ1) is 19.7.